The second kappa shape index (κ2) is 5.17. The monoisotopic (exact) mass is 286 g/mol. The van der Waals surface area contributed by atoms with E-state index in [4.69, 9.17) is 0 Å². The van der Waals surface area contributed by atoms with Crippen LogP contribution >= 0.6 is 0 Å². The number of nitrogens with one attached hydrogen (secondary N) is 1. The van der Waals surface area contributed by atoms with Gasteiger partial charge in [-0.2, -0.15) is 0 Å². The van der Waals surface area contributed by atoms with Crippen LogP contribution < -0.4 is 10.2 Å². The summed E-state index contributed by atoms with van der Waals surface area (Å²) in [6.07, 6.45) is 4.84. The first-order valence-corrected chi connectivity index (χ1v) is 7.72. The van der Waals surface area contributed by atoms with Crippen LogP contribution in [0.15, 0.2) is 24.3 Å². The third-order valence-corrected chi connectivity index (χ3v) is 4.56. The number of anilines is 1. The molecule has 112 valence electrons. The smallest absolute Gasteiger partial charge is 0.254 e. The minimum Gasteiger partial charge on any atom is -0.338 e. The zero-order valence-corrected chi connectivity index (χ0v) is 12.7. The molecular formula is C17H22N2O2. The van der Waals surface area contributed by atoms with Crippen LogP contribution in [0.2, 0.25) is 0 Å². The molecular weight excluding hydrogens is 264 g/mol. The Morgan fingerprint density at radius 2 is 1.86 bits per heavy atom. The molecule has 0 bridgehead atoms. The van der Waals surface area contributed by atoms with E-state index in [-0.39, 0.29) is 11.8 Å². The fraction of sp³-hybridized carbons (Fsp3) is 0.529. The van der Waals surface area contributed by atoms with Crippen molar-refractivity contribution >= 4 is 17.5 Å². The van der Waals surface area contributed by atoms with Crippen molar-refractivity contribution in [1.29, 1.82) is 0 Å². The van der Waals surface area contributed by atoms with Gasteiger partial charge in [0.15, 0.2) is 0 Å². The molecule has 1 aromatic carbocycles. The summed E-state index contributed by atoms with van der Waals surface area (Å²) in [5.41, 5.74) is 0.473. The number of amides is 2. The van der Waals surface area contributed by atoms with E-state index in [0.717, 1.165) is 5.69 Å². The number of hydrogen-bond donors (Lipinski definition) is 1. The van der Waals surface area contributed by atoms with E-state index in [1.807, 2.05) is 23.1 Å². The van der Waals surface area contributed by atoms with Crippen molar-refractivity contribution in [2.45, 2.75) is 45.1 Å². The summed E-state index contributed by atoms with van der Waals surface area (Å²) in [6.45, 7) is 4.27. The molecule has 0 atom stereocenters. The Hall–Kier alpha value is -1.84. The fourth-order valence-electron chi connectivity index (χ4n) is 3.38. The largest absolute Gasteiger partial charge is 0.338 e. The second-order valence-electron chi connectivity index (χ2n) is 6.66. The highest BCUT2D eigenvalue weighted by Gasteiger charge is 2.40. The minimum atomic E-state index is -0.866. The Morgan fingerprint density at radius 3 is 2.57 bits per heavy atom. The standard InChI is InChI=1S/C17H22N2O2/c1-17(2)16(21)19(11-12-7-3-4-8-12)14-10-6-5-9-13(14)15(20)18-17/h5-6,9-10,12H,3-4,7-8,11H2,1-2H3,(H,18,20). The molecule has 1 heterocycles. The summed E-state index contributed by atoms with van der Waals surface area (Å²) >= 11 is 0. The van der Waals surface area contributed by atoms with E-state index in [1.54, 1.807) is 19.9 Å². The van der Waals surface area contributed by atoms with Crippen LogP contribution in [0.25, 0.3) is 0 Å². The molecule has 3 rings (SSSR count). The predicted octanol–water partition coefficient (Wildman–Crippen LogP) is 2.73. The van der Waals surface area contributed by atoms with Crippen molar-refractivity contribution in [3.8, 4) is 0 Å². The Labute approximate surface area is 125 Å². The molecule has 1 aromatic rings. The zero-order valence-electron chi connectivity index (χ0n) is 12.7. The SMILES string of the molecule is CC1(C)NC(=O)c2ccccc2N(CC2CCCC2)C1=O. The van der Waals surface area contributed by atoms with E-state index < -0.39 is 5.54 Å². The lowest BCUT2D eigenvalue weighted by Crippen LogP contribution is -2.54. The van der Waals surface area contributed by atoms with Gasteiger partial charge in [0, 0.05) is 6.54 Å². The normalized spacial score (nSPS) is 21.9. The van der Waals surface area contributed by atoms with Crippen molar-refractivity contribution in [2.75, 3.05) is 11.4 Å². The van der Waals surface area contributed by atoms with Crippen LogP contribution in [0, 0.1) is 5.92 Å². The maximum absolute atomic E-state index is 12.9. The van der Waals surface area contributed by atoms with Gasteiger partial charge in [-0.05, 0) is 44.7 Å². The Bertz CT molecular complexity index is 574. The molecule has 1 aliphatic heterocycles. The van der Waals surface area contributed by atoms with Crippen LogP contribution in [-0.2, 0) is 4.79 Å². The van der Waals surface area contributed by atoms with Crippen LogP contribution in [0.5, 0.6) is 0 Å². The van der Waals surface area contributed by atoms with Gasteiger partial charge < -0.3 is 10.2 Å². The number of rotatable bonds is 2. The number of carbonyl (C=O) groups is 2. The molecule has 1 aliphatic carbocycles. The van der Waals surface area contributed by atoms with Gasteiger partial charge in [0.1, 0.15) is 5.54 Å². The average Bonchev–Trinajstić information content (AvgIpc) is 2.94. The molecule has 4 heteroatoms. The van der Waals surface area contributed by atoms with Crippen molar-refractivity contribution in [3.63, 3.8) is 0 Å². The van der Waals surface area contributed by atoms with E-state index in [1.165, 1.54) is 25.7 Å². The van der Waals surface area contributed by atoms with Crippen LogP contribution in [0.3, 0.4) is 0 Å². The summed E-state index contributed by atoms with van der Waals surface area (Å²) in [7, 11) is 0. The molecule has 4 nitrogen and oxygen atoms in total. The molecule has 21 heavy (non-hydrogen) atoms. The molecule has 0 unspecified atom stereocenters. The molecule has 1 fully saturated rings. The van der Waals surface area contributed by atoms with Gasteiger partial charge in [-0.1, -0.05) is 25.0 Å². The molecule has 2 aliphatic rings. The molecule has 1 saturated carbocycles. The minimum absolute atomic E-state index is 0.0206. The molecule has 0 saturated heterocycles. The lowest BCUT2D eigenvalue weighted by molar-refractivity contribution is -0.123. The van der Waals surface area contributed by atoms with Crippen LogP contribution in [0.1, 0.15) is 49.9 Å². The van der Waals surface area contributed by atoms with Gasteiger partial charge in [-0.15, -0.1) is 0 Å². The number of nitrogens with zero attached hydrogens (tertiary/aromatic N) is 1. The summed E-state index contributed by atoms with van der Waals surface area (Å²) < 4.78 is 0. The molecule has 0 radical (unpaired) electrons. The first-order valence-electron chi connectivity index (χ1n) is 7.72. The van der Waals surface area contributed by atoms with Gasteiger partial charge in [0.2, 0.25) is 0 Å². The van der Waals surface area contributed by atoms with Crippen molar-refractivity contribution in [1.82, 2.24) is 5.32 Å². The fourth-order valence-corrected chi connectivity index (χ4v) is 3.38. The Morgan fingerprint density at radius 1 is 1.19 bits per heavy atom. The summed E-state index contributed by atoms with van der Waals surface area (Å²) in [6, 6.07) is 7.40. The number of para-hydroxylation sites is 1. The van der Waals surface area contributed by atoms with E-state index in [9.17, 15) is 9.59 Å². The van der Waals surface area contributed by atoms with Gasteiger partial charge in [-0.25, -0.2) is 0 Å². The highest BCUT2D eigenvalue weighted by atomic mass is 16.2. The Balaban J connectivity index is 2.02. The maximum Gasteiger partial charge on any atom is 0.254 e. The van der Waals surface area contributed by atoms with Crippen molar-refractivity contribution < 1.29 is 9.59 Å². The van der Waals surface area contributed by atoms with E-state index >= 15 is 0 Å². The van der Waals surface area contributed by atoms with Gasteiger partial charge in [-0.3, -0.25) is 9.59 Å². The van der Waals surface area contributed by atoms with Crippen LogP contribution in [-0.4, -0.2) is 23.9 Å². The maximum atomic E-state index is 12.9. The second-order valence-corrected chi connectivity index (χ2v) is 6.66. The first-order chi connectivity index (χ1) is 9.99. The number of fused-ring (bicyclic) bond motifs is 1. The lowest BCUT2D eigenvalue weighted by atomic mass is 10.0. The molecule has 0 aromatic heterocycles. The summed E-state index contributed by atoms with van der Waals surface area (Å²) in [4.78, 5) is 27.1. The Kier molecular flexibility index (Phi) is 3.47. The third kappa shape index (κ3) is 2.55. The summed E-state index contributed by atoms with van der Waals surface area (Å²) in [5.74, 6) is 0.358. The molecule has 2 amide bonds. The van der Waals surface area contributed by atoms with Gasteiger partial charge in [0.05, 0.1) is 11.3 Å². The molecule has 1 N–H and O–H groups in total. The topological polar surface area (TPSA) is 49.4 Å². The van der Waals surface area contributed by atoms with Crippen LogP contribution in [0.4, 0.5) is 5.69 Å². The number of carbonyl (C=O) groups excluding carboxylic acids is 2. The van der Waals surface area contributed by atoms with E-state index in [0.29, 0.717) is 18.0 Å². The first kappa shape index (κ1) is 14.1. The van der Waals surface area contributed by atoms with Gasteiger partial charge in [0.25, 0.3) is 11.8 Å². The highest BCUT2D eigenvalue weighted by Crippen LogP contribution is 2.32. The molecule has 0 spiro atoms. The van der Waals surface area contributed by atoms with Crippen molar-refractivity contribution in [3.05, 3.63) is 29.8 Å². The zero-order chi connectivity index (χ0) is 15.0. The average molecular weight is 286 g/mol. The highest BCUT2D eigenvalue weighted by molar-refractivity contribution is 6.12. The summed E-state index contributed by atoms with van der Waals surface area (Å²) in [5, 5.41) is 2.85. The third-order valence-electron chi connectivity index (χ3n) is 4.56. The lowest BCUT2D eigenvalue weighted by Gasteiger charge is -2.31. The number of hydrogen-bond acceptors (Lipinski definition) is 2. The van der Waals surface area contributed by atoms with Gasteiger partial charge >= 0.3 is 0 Å². The predicted molar refractivity (Wildman–Crippen MR) is 82.3 cm³/mol. The number of benzene rings is 1. The van der Waals surface area contributed by atoms with E-state index in [2.05, 4.69) is 5.32 Å². The van der Waals surface area contributed by atoms with Crippen molar-refractivity contribution in [2.24, 2.45) is 5.92 Å². The quantitative estimate of drug-likeness (QED) is 0.908.